The molecule has 0 saturated heterocycles. The molecule has 0 atom stereocenters. The third-order valence-electron chi connectivity index (χ3n) is 4.71. The summed E-state index contributed by atoms with van der Waals surface area (Å²) in [5.41, 5.74) is 4.94. The van der Waals surface area contributed by atoms with Crippen molar-refractivity contribution in [2.45, 2.75) is 32.1 Å². The number of aryl methyl sites for hydroxylation is 1. The highest BCUT2D eigenvalue weighted by molar-refractivity contribution is 7.13. The Morgan fingerprint density at radius 2 is 2.23 bits per heavy atom. The third kappa shape index (κ3) is 3.39. The fourth-order valence-corrected chi connectivity index (χ4v) is 4.23. The highest BCUT2D eigenvalue weighted by Gasteiger charge is 2.23. The van der Waals surface area contributed by atoms with E-state index in [-0.39, 0.29) is 5.91 Å². The lowest BCUT2D eigenvalue weighted by Crippen LogP contribution is -2.27. The van der Waals surface area contributed by atoms with Crippen LogP contribution < -0.4 is 5.32 Å². The first kappa shape index (κ1) is 16.9. The van der Waals surface area contributed by atoms with Crippen LogP contribution in [0.3, 0.4) is 0 Å². The van der Waals surface area contributed by atoms with E-state index >= 15 is 0 Å². The van der Waals surface area contributed by atoms with Gasteiger partial charge in [0.15, 0.2) is 5.69 Å². The molecule has 26 heavy (non-hydrogen) atoms. The number of nitrogens with one attached hydrogen (secondary N) is 1. The number of carbonyl (C=O) groups excluding carboxylic acids is 1. The van der Waals surface area contributed by atoms with Crippen LogP contribution in [0.5, 0.6) is 0 Å². The first-order chi connectivity index (χ1) is 12.7. The monoisotopic (exact) mass is 367 g/mol. The van der Waals surface area contributed by atoms with Gasteiger partial charge < -0.3 is 5.32 Å². The fraction of sp³-hybridized carbons (Fsp3) is 0.368. The maximum absolute atomic E-state index is 12.5. The molecule has 7 heteroatoms. The van der Waals surface area contributed by atoms with Crippen molar-refractivity contribution in [3.05, 3.63) is 52.6 Å². The SMILES string of the molecule is Cn1nc(C(=O)NCCc2csc(-c3cccnc3)n2)c2c1CCCC2. The number of amides is 1. The normalized spacial score (nSPS) is 13.4. The van der Waals surface area contributed by atoms with E-state index < -0.39 is 0 Å². The number of pyridine rings is 1. The molecule has 0 bridgehead atoms. The van der Waals surface area contributed by atoms with Crippen LogP contribution in [-0.2, 0) is 26.3 Å². The Balaban J connectivity index is 1.37. The molecule has 1 amide bonds. The van der Waals surface area contributed by atoms with Crippen LogP contribution in [0.25, 0.3) is 10.6 Å². The Bertz CT molecular complexity index is 915. The largest absolute Gasteiger partial charge is 0.350 e. The van der Waals surface area contributed by atoms with Crippen molar-refractivity contribution in [2.75, 3.05) is 6.54 Å². The topological polar surface area (TPSA) is 72.7 Å². The van der Waals surface area contributed by atoms with Gasteiger partial charge in [-0.3, -0.25) is 14.5 Å². The van der Waals surface area contributed by atoms with Crippen LogP contribution in [0.4, 0.5) is 0 Å². The molecule has 0 spiro atoms. The van der Waals surface area contributed by atoms with Crippen LogP contribution in [-0.4, -0.2) is 32.2 Å². The quantitative estimate of drug-likeness (QED) is 0.753. The van der Waals surface area contributed by atoms with Crippen molar-refractivity contribution in [2.24, 2.45) is 7.05 Å². The summed E-state index contributed by atoms with van der Waals surface area (Å²) in [7, 11) is 1.93. The summed E-state index contributed by atoms with van der Waals surface area (Å²) in [6.45, 7) is 0.556. The number of rotatable bonds is 5. The van der Waals surface area contributed by atoms with E-state index in [0.717, 1.165) is 41.1 Å². The van der Waals surface area contributed by atoms with Gasteiger partial charge in [-0.05, 0) is 37.8 Å². The summed E-state index contributed by atoms with van der Waals surface area (Å²) in [5, 5.41) is 10.4. The summed E-state index contributed by atoms with van der Waals surface area (Å²) < 4.78 is 1.87. The Hall–Kier alpha value is -2.54. The lowest BCUT2D eigenvalue weighted by atomic mass is 9.95. The zero-order valence-electron chi connectivity index (χ0n) is 14.7. The second kappa shape index (κ2) is 7.37. The molecule has 4 rings (SSSR count). The first-order valence-corrected chi connectivity index (χ1v) is 9.78. The van der Waals surface area contributed by atoms with Crippen LogP contribution in [0.2, 0.25) is 0 Å². The first-order valence-electron chi connectivity index (χ1n) is 8.90. The van der Waals surface area contributed by atoms with E-state index in [4.69, 9.17) is 0 Å². The van der Waals surface area contributed by atoms with Gasteiger partial charge in [-0.25, -0.2) is 4.98 Å². The van der Waals surface area contributed by atoms with Gasteiger partial charge in [0.2, 0.25) is 0 Å². The standard InChI is InChI=1S/C19H21N5OS/c1-24-16-7-3-2-6-15(16)17(23-24)18(25)21-10-8-14-12-26-19(22-14)13-5-4-9-20-11-13/h4-5,9,11-12H,2-3,6-8,10H2,1H3,(H,21,25). The second-order valence-electron chi connectivity index (χ2n) is 6.50. The second-order valence-corrected chi connectivity index (χ2v) is 7.35. The van der Waals surface area contributed by atoms with Crippen LogP contribution in [0.1, 0.15) is 40.3 Å². The van der Waals surface area contributed by atoms with Crippen molar-refractivity contribution in [1.29, 1.82) is 0 Å². The van der Waals surface area contributed by atoms with Gasteiger partial charge in [-0.2, -0.15) is 5.10 Å². The van der Waals surface area contributed by atoms with E-state index in [1.165, 1.54) is 12.1 Å². The Kier molecular flexibility index (Phi) is 4.79. The average molecular weight is 367 g/mol. The van der Waals surface area contributed by atoms with Crippen LogP contribution >= 0.6 is 11.3 Å². The summed E-state index contributed by atoms with van der Waals surface area (Å²) in [6, 6.07) is 3.91. The zero-order valence-corrected chi connectivity index (χ0v) is 15.6. The number of hydrogen-bond acceptors (Lipinski definition) is 5. The summed E-state index contributed by atoms with van der Waals surface area (Å²) in [5.74, 6) is -0.0773. The summed E-state index contributed by atoms with van der Waals surface area (Å²) >= 11 is 1.60. The molecular formula is C19H21N5OS. The minimum Gasteiger partial charge on any atom is -0.350 e. The number of fused-ring (bicyclic) bond motifs is 1. The number of thiazole rings is 1. The molecule has 1 aliphatic carbocycles. The van der Waals surface area contributed by atoms with Crippen molar-refractivity contribution in [3.8, 4) is 10.6 Å². The minimum atomic E-state index is -0.0773. The summed E-state index contributed by atoms with van der Waals surface area (Å²) in [4.78, 5) is 21.3. The molecule has 0 saturated carbocycles. The number of aromatic nitrogens is 4. The molecule has 0 radical (unpaired) electrons. The Morgan fingerprint density at radius 3 is 3.08 bits per heavy atom. The molecule has 1 aliphatic rings. The van der Waals surface area contributed by atoms with E-state index in [1.807, 2.05) is 35.4 Å². The fourth-order valence-electron chi connectivity index (χ4n) is 3.39. The number of carbonyl (C=O) groups is 1. The van der Waals surface area contributed by atoms with Crippen molar-refractivity contribution in [3.63, 3.8) is 0 Å². The van der Waals surface area contributed by atoms with Gasteiger partial charge in [0.05, 0.1) is 5.69 Å². The number of nitrogens with zero attached hydrogens (tertiary/aromatic N) is 4. The maximum Gasteiger partial charge on any atom is 0.272 e. The molecule has 6 nitrogen and oxygen atoms in total. The van der Waals surface area contributed by atoms with Crippen LogP contribution in [0, 0.1) is 0 Å². The smallest absolute Gasteiger partial charge is 0.272 e. The van der Waals surface area contributed by atoms with Crippen molar-refractivity contribution >= 4 is 17.2 Å². The van der Waals surface area contributed by atoms with E-state index in [2.05, 4.69) is 20.4 Å². The highest BCUT2D eigenvalue weighted by atomic mass is 32.1. The predicted octanol–water partition coefficient (Wildman–Crippen LogP) is 2.79. The van der Waals surface area contributed by atoms with Gasteiger partial charge >= 0.3 is 0 Å². The Labute approximate surface area is 156 Å². The van der Waals surface area contributed by atoms with E-state index in [9.17, 15) is 4.79 Å². The van der Waals surface area contributed by atoms with Gasteiger partial charge in [-0.15, -0.1) is 11.3 Å². The van der Waals surface area contributed by atoms with Gasteiger partial charge in [0.1, 0.15) is 5.01 Å². The number of hydrogen-bond donors (Lipinski definition) is 1. The average Bonchev–Trinajstić information content (AvgIpc) is 3.28. The Morgan fingerprint density at radius 1 is 1.35 bits per heavy atom. The molecule has 3 aromatic heterocycles. The lowest BCUT2D eigenvalue weighted by Gasteiger charge is -2.12. The third-order valence-corrected chi connectivity index (χ3v) is 5.65. The van der Waals surface area contributed by atoms with Gasteiger partial charge in [-0.1, -0.05) is 0 Å². The molecule has 3 aromatic rings. The molecule has 0 aromatic carbocycles. The molecule has 0 fully saturated rings. The molecule has 1 N–H and O–H groups in total. The zero-order chi connectivity index (χ0) is 17.9. The van der Waals surface area contributed by atoms with Gasteiger partial charge in [0.25, 0.3) is 5.91 Å². The van der Waals surface area contributed by atoms with E-state index in [1.54, 1.807) is 17.5 Å². The lowest BCUT2D eigenvalue weighted by molar-refractivity contribution is 0.0947. The van der Waals surface area contributed by atoms with Crippen molar-refractivity contribution < 1.29 is 4.79 Å². The molecule has 134 valence electrons. The summed E-state index contributed by atoms with van der Waals surface area (Å²) in [6.07, 6.45) is 8.55. The molecule has 0 aliphatic heterocycles. The van der Waals surface area contributed by atoms with E-state index in [0.29, 0.717) is 18.7 Å². The van der Waals surface area contributed by atoms with Crippen molar-refractivity contribution in [1.82, 2.24) is 25.1 Å². The molecule has 3 heterocycles. The highest BCUT2D eigenvalue weighted by Crippen LogP contribution is 2.24. The molecular weight excluding hydrogens is 346 g/mol. The van der Waals surface area contributed by atoms with Crippen LogP contribution in [0.15, 0.2) is 29.9 Å². The maximum atomic E-state index is 12.5. The molecule has 0 unspecified atom stereocenters. The van der Waals surface area contributed by atoms with Gasteiger partial charge in [0, 0.05) is 54.6 Å². The predicted molar refractivity (Wildman–Crippen MR) is 101 cm³/mol. The minimum absolute atomic E-state index is 0.0773.